The lowest BCUT2D eigenvalue weighted by molar-refractivity contribution is 0.226. The van der Waals surface area contributed by atoms with Crippen molar-refractivity contribution in [2.24, 2.45) is 0 Å². The van der Waals surface area contributed by atoms with Gasteiger partial charge in [-0.3, -0.25) is 4.90 Å². The van der Waals surface area contributed by atoms with Crippen molar-refractivity contribution in [1.29, 1.82) is 0 Å². The zero-order chi connectivity index (χ0) is 16.4. The van der Waals surface area contributed by atoms with Crippen LogP contribution in [0.2, 0.25) is 10.0 Å². The van der Waals surface area contributed by atoms with E-state index in [9.17, 15) is 8.42 Å². The molecule has 0 aliphatic carbocycles. The summed E-state index contributed by atoms with van der Waals surface area (Å²) in [6.45, 7) is 4.81. The third-order valence-corrected chi connectivity index (χ3v) is 7.20. The van der Waals surface area contributed by atoms with Crippen LogP contribution in [0.4, 0.5) is 0 Å². The summed E-state index contributed by atoms with van der Waals surface area (Å²) >= 11 is 12.0. The van der Waals surface area contributed by atoms with Crippen molar-refractivity contribution in [2.75, 3.05) is 38.5 Å². The Morgan fingerprint density at radius 1 is 1.13 bits per heavy atom. The lowest BCUT2D eigenvalue weighted by Gasteiger charge is -2.25. The first-order valence-corrected chi connectivity index (χ1v) is 10.5. The van der Waals surface area contributed by atoms with Crippen LogP contribution in [0.25, 0.3) is 0 Å². The second-order valence-electron chi connectivity index (χ2n) is 6.38. The summed E-state index contributed by atoms with van der Waals surface area (Å²) in [4.78, 5) is 4.97. The molecule has 2 fully saturated rings. The molecule has 0 N–H and O–H groups in total. The number of benzene rings is 1. The second-order valence-corrected chi connectivity index (χ2v) is 9.30. The molecule has 0 bridgehead atoms. The van der Waals surface area contributed by atoms with Gasteiger partial charge in [0.15, 0.2) is 9.84 Å². The lowest BCUT2D eigenvalue weighted by atomic mass is 10.2. The Morgan fingerprint density at radius 3 is 2.74 bits per heavy atom. The second kappa shape index (κ2) is 7.28. The van der Waals surface area contributed by atoms with Crippen molar-refractivity contribution < 1.29 is 8.42 Å². The van der Waals surface area contributed by atoms with Crippen molar-refractivity contribution in [3.8, 4) is 0 Å². The SMILES string of the molecule is O=S(=O)(CCN1CCCN2CCC[C@H]2C1)c1cc(Cl)ccc1Cl. The highest BCUT2D eigenvalue weighted by atomic mass is 35.5. The predicted octanol–water partition coefficient (Wildman–Crippen LogP) is 2.94. The monoisotopic (exact) mass is 376 g/mol. The number of nitrogens with zero attached hydrogens (tertiary/aromatic N) is 2. The third-order valence-electron chi connectivity index (χ3n) is 4.79. The molecule has 2 aliphatic rings. The molecule has 0 amide bonds. The Bertz CT molecular complexity index is 666. The zero-order valence-electron chi connectivity index (χ0n) is 13.0. The van der Waals surface area contributed by atoms with Gasteiger partial charge in [-0.15, -0.1) is 0 Å². The van der Waals surface area contributed by atoms with E-state index >= 15 is 0 Å². The molecule has 0 radical (unpaired) electrons. The van der Waals surface area contributed by atoms with Crippen LogP contribution in [0.3, 0.4) is 0 Å². The molecule has 1 aromatic carbocycles. The van der Waals surface area contributed by atoms with E-state index in [0.717, 1.165) is 26.1 Å². The topological polar surface area (TPSA) is 40.6 Å². The molecule has 2 heterocycles. The summed E-state index contributed by atoms with van der Waals surface area (Å²) in [6.07, 6.45) is 3.59. The summed E-state index contributed by atoms with van der Waals surface area (Å²) < 4.78 is 25.2. The molecule has 0 aromatic heterocycles. The van der Waals surface area contributed by atoms with E-state index in [4.69, 9.17) is 23.2 Å². The van der Waals surface area contributed by atoms with Crippen LogP contribution in [0.1, 0.15) is 19.3 Å². The summed E-state index contributed by atoms with van der Waals surface area (Å²) in [5, 5.41) is 0.636. The quantitative estimate of drug-likeness (QED) is 0.809. The number of fused-ring (bicyclic) bond motifs is 1. The van der Waals surface area contributed by atoms with Gasteiger partial charge in [0, 0.05) is 24.2 Å². The molecule has 1 atom stereocenters. The fourth-order valence-corrected chi connectivity index (χ4v) is 5.66. The molecule has 0 saturated carbocycles. The largest absolute Gasteiger partial charge is 0.301 e. The first-order chi connectivity index (χ1) is 11.0. The Morgan fingerprint density at radius 2 is 1.91 bits per heavy atom. The van der Waals surface area contributed by atoms with E-state index in [1.54, 1.807) is 12.1 Å². The van der Waals surface area contributed by atoms with Gasteiger partial charge in [0.05, 0.1) is 15.7 Å². The molecular weight excluding hydrogens is 355 g/mol. The molecule has 4 nitrogen and oxygen atoms in total. The smallest absolute Gasteiger partial charge is 0.181 e. The van der Waals surface area contributed by atoms with E-state index in [0.29, 0.717) is 17.6 Å². The summed E-state index contributed by atoms with van der Waals surface area (Å²) in [7, 11) is -3.42. The van der Waals surface area contributed by atoms with Crippen molar-refractivity contribution >= 4 is 33.0 Å². The molecule has 128 valence electrons. The first kappa shape index (κ1) is 17.5. The Kier molecular flexibility index (Phi) is 5.53. The molecule has 0 unspecified atom stereocenters. The van der Waals surface area contributed by atoms with Gasteiger partial charge in [-0.2, -0.15) is 0 Å². The van der Waals surface area contributed by atoms with Crippen LogP contribution in [-0.2, 0) is 9.84 Å². The van der Waals surface area contributed by atoms with E-state index in [2.05, 4.69) is 9.80 Å². The van der Waals surface area contributed by atoms with Crippen LogP contribution in [0.15, 0.2) is 23.1 Å². The molecule has 3 rings (SSSR count). The summed E-state index contributed by atoms with van der Waals surface area (Å²) in [5.74, 6) is 0.0831. The number of rotatable bonds is 4. The average molecular weight is 377 g/mol. The average Bonchev–Trinajstić information content (AvgIpc) is 2.85. The molecule has 2 aliphatic heterocycles. The predicted molar refractivity (Wildman–Crippen MR) is 94.2 cm³/mol. The fraction of sp³-hybridized carbons (Fsp3) is 0.625. The Labute approximate surface area is 148 Å². The van der Waals surface area contributed by atoms with E-state index < -0.39 is 9.84 Å². The highest BCUT2D eigenvalue weighted by molar-refractivity contribution is 7.91. The number of hydrogen-bond donors (Lipinski definition) is 0. The van der Waals surface area contributed by atoms with Crippen LogP contribution >= 0.6 is 23.2 Å². The molecule has 23 heavy (non-hydrogen) atoms. The van der Waals surface area contributed by atoms with Gasteiger partial charge < -0.3 is 4.90 Å². The lowest BCUT2D eigenvalue weighted by Crippen LogP contribution is -2.38. The van der Waals surface area contributed by atoms with Gasteiger partial charge in [-0.1, -0.05) is 23.2 Å². The number of halogens is 2. The standard InChI is InChI=1S/C16H22Cl2N2O2S/c17-13-4-5-15(18)16(11-13)23(21,22)10-9-19-6-2-8-20-7-1-3-14(20)12-19/h4-5,11,14H,1-3,6-10,12H2/t14-/m0/s1. The van der Waals surface area contributed by atoms with Gasteiger partial charge in [0.25, 0.3) is 0 Å². The van der Waals surface area contributed by atoms with E-state index in [1.807, 2.05) is 0 Å². The van der Waals surface area contributed by atoms with Crippen molar-refractivity contribution in [1.82, 2.24) is 9.80 Å². The van der Waals surface area contributed by atoms with Crippen molar-refractivity contribution in [2.45, 2.75) is 30.2 Å². The minimum absolute atomic E-state index is 0.0831. The van der Waals surface area contributed by atoms with Gasteiger partial charge in [-0.25, -0.2) is 8.42 Å². The molecule has 1 aromatic rings. The molecule has 7 heteroatoms. The van der Waals surface area contributed by atoms with Crippen molar-refractivity contribution in [3.63, 3.8) is 0 Å². The minimum atomic E-state index is -3.42. The first-order valence-electron chi connectivity index (χ1n) is 8.10. The number of sulfone groups is 1. The zero-order valence-corrected chi connectivity index (χ0v) is 15.4. The normalized spacial score (nSPS) is 23.7. The maximum Gasteiger partial charge on any atom is 0.181 e. The van der Waals surface area contributed by atoms with E-state index in [1.165, 1.54) is 25.5 Å². The maximum atomic E-state index is 12.6. The summed E-state index contributed by atoms with van der Waals surface area (Å²) in [6, 6.07) is 5.18. The van der Waals surface area contributed by atoms with Gasteiger partial charge in [0.1, 0.15) is 0 Å². The van der Waals surface area contributed by atoms with Gasteiger partial charge in [-0.05, 0) is 57.1 Å². The molecular formula is C16H22Cl2N2O2S. The van der Waals surface area contributed by atoms with Crippen LogP contribution in [-0.4, -0.2) is 62.7 Å². The van der Waals surface area contributed by atoms with Gasteiger partial charge in [0.2, 0.25) is 0 Å². The highest BCUT2D eigenvalue weighted by Crippen LogP contribution is 2.26. The minimum Gasteiger partial charge on any atom is -0.301 e. The van der Waals surface area contributed by atoms with Crippen LogP contribution < -0.4 is 0 Å². The van der Waals surface area contributed by atoms with E-state index in [-0.39, 0.29) is 15.7 Å². The maximum absolute atomic E-state index is 12.6. The molecule has 2 saturated heterocycles. The molecule has 0 spiro atoms. The highest BCUT2D eigenvalue weighted by Gasteiger charge is 2.29. The Hall–Kier alpha value is -0.330. The van der Waals surface area contributed by atoms with Crippen LogP contribution in [0.5, 0.6) is 0 Å². The third kappa shape index (κ3) is 4.20. The fourth-order valence-electron chi connectivity index (χ4n) is 3.56. The summed E-state index contributed by atoms with van der Waals surface area (Å²) in [5.41, 5.74) is 0. The van der Waals surface area contributed by atoms with Gasteiger partial charge >= 0.3 is 0 Å². The Balaban J connectivity index is 1.65. The number of hydrogen-bond acceptors (Lipinski definition) is 4. The van der Waals surface area contributed by atoms with Crippen molar-refractivity contribution in [3.05, 3.63) is 28.2 Å². The van der Waals surface area contributed by atoms with Crippen LogP contribution in [0, 0.1) is 0 Å².